The Bertz CT molecular complexity index is 700. The third-order valence-corrected chi connectivity index (χ3v) is 4.66. The molecule has 2 rings (SSSR count). The summed E-state index contributed by atoms with van der Waals surface area (Å²) in [6, 6.07) is 5.33. The van der Waals surface area contributed by atoms with Gasteiger partial charge in [-0.25, -0.2) is 0 Å². The second kappa shape index (κ2) is 7.46. The van der Waals surface area contributed by atoms with Gasteiger partial charge in [-0.15, -0.1) is 22.0 Å². The number of nitrogens with zero attached hydrogens (tertiary/aromatic N) is 3. The second-order valence-electron chi connectivity index (χ2n) is 4.53. The minimum Gasteiger partial charge on any atom is -0.325 e. The number of anilines is 1. The SMILES string of the molecule is CSc1ccc(C(=O)CSc2nncn2C)cc1NC(C)=O. The van der Waals surface area contributed by atoms with Gasteiger partial charge >= 0.3 is 0 Å². The van der Waals surface area contributed by atoms with Gasteiger partial charge in [-0.2, -0.15) is 0 Å². The highest BCUT2D eigenvalue weighted by molar-refractivity contribution is 7.99. The molecule has 0 atom stereocenters. The van der Waals surface area contributed by atoms with Gasteiger partial charge in [0.1, 0.15) is 6.33 Å². The van der Waals surface area contributed by atoms with Crippen molar-refractivity contribution in [2.75, 3.05) is 17.3 Å². The highest BCUT2D eigenvalue weighted by atomic mass is 32.2. The highest BCUT2D eigenvalue weighted by Crippen LogP contribution is 2.27. The van der Waals surface area contributed by atoms with E-state index < -0.39 is 0 Å². The van der Waals surface area contributed by atoms with Gasteiger partial charge in [-0.05, 0) is 18.4 Å². The first-order valence-electron chi connectivity index (χ1n) is 6.47. The Hall–Kier alpha value is -1.80. The van der Waals surface area contributed by atoms with E-state index in [4.69, 9.17) is 0 Å². The van der Waals surface area contributed by atoms with Crippen LogP contribution < -0.4 is 5.32 Å². The third kappa shape index (κ3) is 4.11. The first-order valence-corrected chi connectivity index (χ1v) is 8.68. The topological polar surface area (TPSA) is 76.9 Å². The summed E-state index contributed by atoms with van der Waals surface area (Å²) in [4.78, 5) is 24.5. The lowest BCUT2D eigenvalue weighted by molar-refractivity contribution is -0.114. The first kappa shape index (κ1) is 16.6. The molecule has 0 saturated carbocycles. The standard InChI is InChI=1S/C14H16N4O2S2/c1-9(19)16-11-6-10(4-5-13(11)21-3)12(20)7-22-14-17-15-8-18(14)2/h4-6,8H,7H2,1-3H3,(H,16,19). The smallest absolute Gasteiger partial charge is 0.221 e. The lowest BCUT2D eigenvalue weighted by Crippen LogP contribution is -2.09. The molecule has 0 unspecified atom stereocenters. The molecule has 2 aromatic rings. The predicted molar refractivity (Wildman–Crippen MR) is 88.6 cm³/mol. The van der Waals surface area contributed by atoms with Gasteiger partial charge in [-0.3, -0.25) is 9.59 Å². The third-order valence-electron chi connectivity index (χ3n) is 2.83. The molecule has 1 heterocycles. The second-order valence-corrected chi connectivity index (χ2v) is 6.32. The summed E-state index contributed by atoms with van der Waals surface area (Å²) in [5, 5.41) is 11.1. The Balaban J connectivity index is 2.12. The summed E-state index contributed by atoms with van der Waals surface area (Å²) in [5.74, 6) is 0.0885. The van der Waals surface area contributed by atoms with Crippen molar-refractivity contribution in [1.29, 1.82) is 0 Å². The van der Waals surface area contributed by atoms with E-state index in [9.17, 15) is 9.59 Å². The number of amides is 1. The van der Waals surface area contributed by atoms with Gasteiger partial charge in [-0.1, -0.05) is 17.8 Å². The largest absolute Gasteiger partial charge is 0.325 e. The van der Waals surface area contributed by atoms with E-state index in [0.29, 0.717) is 16.4 Å². The molecule has 0 aliphatic heterocycles. The zero-order chi connectivity index (χ0) is 16.1. The summed E-state index contributed by atoms with van der Waals surface area (Å²) in [6.45, 7) is 1.45. The van der Waals surface area contributed by atoms with Gasteiger partial charge < -0.3 is 9.88 Å². The van der Waals surface area contributed by atoms with Crippen LogP contribution in [0, 0.1) is 0 Å². The minimum absolute atomic E-state index is 0.0211. The average Bonchev–Trinajstić information content (AvgIpc) is 2.89. The van der Waals surface area contributed by atoms with E-state index in [2.05, 4.69) is 15.5 Å². The average molecular weight is 336 g/mol. The van der Waals surface area contributed by atoms with E-state index >= 15 is 0 Å². The normalized spacial score (nSPS) is 10.5. The number of carbonyl (C=O) groups is 2. The molecule has 8 heteroatoms. The molecule has 1 aromatic carbocycles. The number of nitrogens with one attached hydrogen (secondary N) is 1. The van der Waals surface area contributed by atoms with Crippen molar-refractivity contribution in [1.82, 2.24) is 14.8 Å². The van der Waals surface area contributed by atoms with Crippen LogP contribution in [0.1, 0.15) is 17.3 Å². The summed E-state index contributed by atoms with van der Waals surface area (Å²) in [7, 11) is 1.83. The van der Waals surface area contributed by atoms with E-state index in [1.807, 2.05) is 19.4 Å². The summed E-state index contributed by atoms with van der Waals surface area (Å²) >= 11 is 2.85. The van der Waals surface area contributed by atoms with Crippen molar-refractivity contribution < 1.29 is 9.59 Å². The molecular weight excluding hydrogens is 320 g/mol. The van der Waals surface area contributed by atoms with Crippen molar-refractivity contribution >= 4 is 40.9 Å². The first-order chi connectivity index (χ1) is 10.5. The Morgan fingerprint density at radius 1 is 1.36 bits per heavy atom. The van der Waals surface area contributed by atoms with Crippen LogP contribution in [0.15, 0.2) is 34.6 Å². The van der Waals surface area contributed by atoms with Gasteiger partial charge in [0.05, 0.1) is 11.4 Å². The van der Waals surface area contributed by atoms with Crippen molar-refractivity contribution in [3.63, 3.8) is 0 Å². The number of rotatable bonds is 6. The molecule has 0 fully saturated rings. The van der Waals surface area contributed by atoms with Crippen LogP contribution in [0.25, 0.3) is 0 Å². The zero-order valence-electron chi connectivity index (χ0n) is 12.5. The van der Waals surface area contributed by atoms with Gasteiger partial charge in [0.25, 0.3) is 0 Å². The Morgan fingerprint density at radius 2 is 2.14 bits per heavy atom. The molecule has 0 bridgehead atoms. The van der Waals surface area contributed by atoms with E-state index in [1.54, 1.807) is 23.0 Å². The summed E-state index contributed by atoms with van der Waals surface area (Å²) < 4.78 is 1.76. The molecule has 0 spiro atoms. The van der Waals surface area contributed by atoms with Crippen molar-refractivity contribution in [3.8, 4) is 0 Å². The van der Waals surface area contributed by atoms with Crippen LogP contribution in [0.5, 0.6) is 0 Å². The number of ketones is 1. The molecule has 0 aliphatic rings. The maximum absolute atomic E-state index is 12.3. The fraction of sp³-hybridized carbons (Fsp3) is 0.286. The Labute approximate surface area is 137 Å². The number of Topliss-reactive ketones (excluding diaryl/α,β-unsaturated/α-hetero) is 1. The van der Waals surface area contributed by atoms with Crippen LogP contribution in [-0.4, -0.2) is 38.5 Å². The van der Waals surface area contributed by atoms with Crippen molar-refractivity contribution in [3.05, 3.63) is 30.1 Å². The van der Waals surface area contributed by atoms with Gasteiger partial charge in [0.2, 0.25) is 5.91 Å². The summed E-state index contributed by atoms with van der Waals surface area (Å²) in [6.07, 6.45) is 3.51. The van der Waals surface area contributed by atoms with Crippen LogP contribution in [0.3, 0.4) is 0 Å². The minimum atomic E-state index is -0.159. The zero-order valence-corrected chi connectivity index (χ0v) is 14.1. The Morgan fingerprint density at radius 3 is 2.73 bits per heavy atom. The Kier molecular flexibility index (Phi) is 5.62. The van der Waals surface area contributed by atoms with E-state index in [1.165, 1.54) is 30.4 Å². The molecule has 1 N–H and O–H groups in total. The van der Waals surface area contributed by atoms with Gasteiger partial charge in [0, 0.05) is 24.4 Å². The number of hydrogen-bond acceptors (Lipinski definition) is 6. The molecule has 22 heavy (non-hydrogen) atoms. The van der Waals surface area contributed by atoms with Crippen LogP contribution in [0.2, 0.25) is 0 Å². The molecule has 116 valence electrons. The fourth-order valence-electron chi connectivity index (χ4n) is 1.79. The molecule has 6 nitrogen and oxygen atoms in total. The van der Waals surface area contributed by atoms with E-state index in [-0.39, 0.29) is 17.4 Å². The molecule has 1 amide bonds. The maximum atomic E-state index is 12.3. The summed E-state index contributed by atoms with van der Waals surface area (Å²) in [5.41, 5.74) is 1.23. The lowest BCUT2D eigenvalue weighted by Gasteiger charge is -2.10. The quantitative estimate of drug-likeness (QED) is 0.645. The fourth-order valence-corrected chi connectivity index (χ4v) is 3.10. The molecule has 0 radical (unpaired) electrons. The molecule has 0 saturated heterocycles. The monoisotopic (exact) mass is 336 g/mol. The number of aryl methyl sites for hydroxylation is 1. The lowest BCUT2D eigenvalue weighted by atomic mass is 10.1. The van der Waals surface area contributed by atoms with Crippen LogP contribution in [-0.2, 0) is 11.8 Å². The number of carbonyl (C=O) groups excluding carboxylic acids is 2. The number of thioether (sulfide) groups is 2. The molecule has 0 aliphatic carbocycles. The van der Waals surface area contributed by atoms with Crippen LogP contribution >= 0.6 is 23.5 Å². The number of hydrogen-bond donors (Lipinski definition) is 1. The van der Waals surface area contributed by atoms with Crippen molar-refractivity contribution in [2.45, 2.75) is 17.0 Å². The number of benzene rings is 1. The predicted octanol–water partition coefficient (Wildman–Crippen LogP) is 2.47. The highest BCUT2D eigenvalue weighted by Gasteiger charge is 2.12. The maximum Gasteiger partial charge on any atom is 0.221 e. The molecular formula is C14H16N4O2S2. The van der Waals surface area contributed by atoms with Gasteiger partial charge in [0.15, 0.2) is 10.9 Å². The van der Waals surface area contributed by atoms with Crippen molar-refractivity contribution in [2.24, 2.45) is 7.05 Å². The number of aromatic nitrogens is 3. The van der Waals surface area contributed by atoms with Crippen LogP contribution in [0.4, 0.5) is 5.69 Å². The van der Waals surface area contributed by atoms with E-state index in [0.717, 1.165) is 4.90 Å². The molecule has 1 aromatic heterocycles.